The van der Waals surface area contributed by atoms with Crippen LogP contribution < -0.4 is 5.32 Å². The molecule has 0 saturated carbocycles. The van der Waals surface area contributed by atoms with Crippen LogP contribution in [0.5, 0.6) is 0 Å². The summed E-state index contributed by atoms with van der Waals surface area (Å²) in [6.07, 6.45) is 4.32. The molecule has 1 aromatic carbocycles. The predicted octanol–water partition coefficient (Wildman–Crippen LogP) is 3.47. The zero-order valence-electron chi connectivity index (χ0n) is 16.2. The van der Waals surface area contributed by atoms with Crippen molar-refractivity contribution < 1.29 is 13.2 Å². The van der Waals surface area contributed by atoms with Gasteiger partial charge in [0.15, 0.2) is 5.03 Å². The Morgan fingerprint density at radius 1 is 1.36 bits per heavy atom. The zero-order chi connectivity index (χ0) is 20.5. The van der Waals surface area contributed by atoms with Crippen molar-refractivity contribution in [3.8, 4) is 0 Å². The molecule has 2 aromatic rings. The number of nitrogens with zero attached hydrogens (tertiary/aromatic N) is 3. The molecular formula is C19H25ClN4O3S. The Balaban J connectivity index is 1.71. The van der Waals surface area contributed by atoms with E-state index in [2.05, 4.69) is 10.3 Å². The van der Waals surface area contributed by atoms with Gasteiger partial charge in [-0.15, -0.1) is 0 Å². The molecule has 1 unspecified atom stereocenters. The number of anilines is 1. The summed E-state index contributed by atoms with van der Waals surface area (Å²) in [5.74, 6) is -0.622. The van der Waals surface area contributed by atoms with Crippen LogP contribution in [0.15, 0.2) is 35.7 Å². The lowest BCUT2D eigenvalue weighted by molar-refractivity contribution is -0.120. The summed E-state index contributed by atoms with van der Waals surface area (Å²) in [4.78, 5) is 16.7. The number of hydrogen-bond acceptors (Lipinski definition) is 4. The van der Waals surface area contributed by atoms with Crippen molar-refractivity contribution in [3.05, 3.63) is 41.3 Å². The second-order valence-corrected chi connectivity index (χ2v) is 9.70. The number of nitrogens with one attached hydrogen (secondary N) is 1. The van der Waals surface area contributed by atoms with E-state index in [1.807, 2.05) is 26.8 Å². The monoisotopic (exact) mass is 424 g/mol. The zero-order valence-corrected chi connectivity index (χ0v) is 17.8. The summed E-state index contributed by atoms with van der Waals surface area (Å²) in [6, 6.07) is 5.44. The lowest BCUT2D eigenvalue weighted by Crippen LogP contribution is -2.43. The largest absolute Gasteiger partial charge is 0.334 e. The van der Waals surface area contributed by atoms with Crippen molar-refractivity contribution in [2.24, 2.45) is 5.92 Å². The number of amides is 1. The minimum absolute atomic E-state index is 0.0209. The first-order chi connectivity index (χ1) is 13.2. The van der Waals surface area contributed by atoms with E-state index in [0.29, 0.717) is 30.1 Å². The smallest absolute Gasteiger partial charge is 0.262 e. The van der Waals surface area contributed by atoms with Gasteiger partial charge in [-0.05, 0) is 51.3 Å². The van der Waals surface area contributed by atoms with Gasteiger partial charge in [0.2, 0.25) is 5.91 Å². The Bertz CT molecular complexity index is 971. The highest BCUT2D eigenvalue weighted by molar-refractivity contribution is 7.89. The van der Waals surface area contributed by atoms with E-state index in [1.165, 1.54) is 16.8 Å². The third-order valence-corrected chi connectivity index (χ3v) is 7.13. The highest BCUT2D eigenvalue weighted by Gasteiger charge is 2.34. The van der Waals surface area contributed by atoms with Gasteiger partial charge in [-0.25, -0.2) is 13.4 Å². The molecule has 1 aliphatic rings. The van der Waals surface area contributed by atoms with E-state index in [9.17, 15) is 13.2 Å². The summed E-state index contributed by atoms with van der Waals surface area (Å²) < 4.78 is 29.0. The molecule has 0 spiro atoms. The van der Waals surface area contributed by atoms with E-state index in [-0.39, 0.29) is 23.5 Å². The Morgan fingerprint density at radius 2 is 2.11 bits per heavy atom. The van der Waals surface area contributed by atoms with Crippen molar-refractivity contribution in [2.45, 2.75) is 44.7 Å². The number of hydrogen-bond donors (Lipinski definition) is 1. The number of aromatic nitrogens is 2. The predicted molar refractivity (Wildman–Crippen MR) is 109 cm³/mol. The van der Waals surface area contributed by atoms with Crippen molar-refractivity contribution in [1.82, 2.24) is 13.9 Å². The fraction of sp³-hybridized carbons (Fsp3) is 0.474. The van der Waals surface area contributed by atoms with E-state index < -0.39 is 15.9 Å². The summed E-state index contributed by atoms with van der Waals surface area (Å²) in [5.41, 5.74) is 1.53. The molecule has 0 aliphatic carbocycles. The normalized spacial score (nSPS) is 18.4. The van der Waals surface area contributed by atoms with Gasteiger partial charge in [-0.3, -0.25) is 4.79 Å². The molecule has 0 radical (unpaired) electrons. The maximum absolute atomic E-state index is 12.9. The van der Waals surface area contributed by atoms with Crippen LogP contribution in [0.2, 0.25) is 5.02 Å². The first-order valence-corrected chi connectivity index (χ1v) is 11.1. The summed E-state index contributed by atoms with van der Waals surface area (Å²) in [6.45, 7) is 6.32. The molecule has 1 aromatic heterocycles. The van der Waals surface area contributed by atoms with E-state index in [0.717, 1.165) is 5.56 Å². The maximum Gasteiger partial charge on any atom is 0.262 e. The van der Waals surface area contributed by atoms with Crippen LogP contribution in [0.3, 0.4) is 0 Å². The molecule has 1 aliphatic heterocycles. The Labute approximate surface area is 170 Å². The Morgan fingerprint density at radius 3 is 2.75 bits per heavy atom. The van der Waals surface area contributed by atoms with Gasteiger partial charge in [-0.1, -0.05) is 17.7 Å². The number of carbonyl (C=O) groups is 1. The average Bonchev–Trinajstić information content (AvgIpc) is 3.16. The molecule has 3 rings (SSSR count). The van der Waals surface area contributed by atoms with Gasteiger partial charge in [0.05, 0.1) is 12.2 Å². The molecule has 1 saturated heterocycles. The van der Waals surface area contributed by atoms with Gasteiger partial charge in [0.25, 0.3) is 10.0 Å². The van der Waals surface area contributed by atoms with Crippen LogP contribution in [-0.2, 0) is 14.8 Å². The number of carbonyl (C=O) groups excluding carboxylic acids is 1. The van der Waals surface area contributed by atoms with Gasteiger partial charge >= 0.3 is 0 Å². The molecule has 9 heteroatoms. The van der Waals surface area contributed by atoms with E-state index in [1.54, 1.807) is 16.7 Å². The SMILES string of the molecule is Cc1ccc(NC(=O)C2CCCN(S(=O)(=O)c3cn(C(C)C)cn3)C2)cc1Cl. The molecule has 152 valence electrons. The quantitative estimate of drug-likeness (QED) is 0.796. The van der Waals surface area contributed by atoms with Crippen molar-refractivity contribution >= 4 is 33.2 Å². The van der Waals surface area contributed by atoms with Crippen LogP contribution in [-0.4, -0.2) is 41.3 Å². The molecular weight excluding hydrogens is 400 g/mol. The third kappa shape index (κ3) is 4.39. The maximum atomic E-state index is 12.9. The first-order valence-electron chi connectivity index (χ1n) is 9.29. The number of benzene rings is 1. The highest BCUT2D eigenvalue weighted by atomic mass is 35.5. The summed E-state index contributed by atoms with van der Waals surface area (Å²) >= 11 is 6.11. The van der Waals surface area contributed by atoms with E-state index in [4.69, 9.17) is 11.6 Å². The molecule has 1 amide bonds. The highest BCUT2D eigenvalue weighted by Crippen LogP contribution is 2.26. The van der Waals surface area contributed by atoms with Crippen molar-refractivity contribution in [2.75, 3.05) is 18.4 Å². The van der Waals surface area contributed by atoms with Crippen LogP contribution in [0.25, 0.3) is 0 Å². The topological polar surface area (TPSA) is 84.3 Å². The number of imidazole rings is 1. The lowest BCUT2D eigenvalue weighted by atomic mass is 9.98. The fourth-order valence-corrected chi connectivity index (χ4v) is 4.78. The van der Waals surface area contributed by atoms with Crippen molar-refractivity contribution in [3.63, 3.8) is 0 Å². The van der Waals surface area contributed by atoms with Gasteiger partial charge in [0.1, 0.15) is 0 Å². The number of piperidine rings is 1. The number of rotatable bonds is 5. The van der Waals surface area contributed by atoms with Crippen molar-refractivity contribution in [1.29, 1.82) is 0 Å². The van der Waals surface area contributed by atoms with Crippen LogP contribution in [0.4, 0.5) is 5.69 Å². The standard InChI is InChI=1S/C19H25ClN4O3S/c1-13(2)23-11-18(21-12-23)28(26,27)24-8-4-5-15(10-24)19(25)22-16-7-6-14(3)17(20)9-16/h6-7,9,11-13,15H,4-5,8,10H2,1-3H3,(H,22,25). The second kappa shape index (κ2) is 8.23. The molecule has 1 fully saturated rings. The van der Waals surface area contributed by atoms with Gasteiger partial charge in [0, 0.05) is 36.0 Å². The minimum atomic E-state index is -3.73. The van der Waals surface area contributed by atoms with Crippen LogP contribution in [0, 0.1) is 12.8 Å². The molecule has 1 atom stereocenters. The van der Waals surface area contributed by atoms with Crippen LogP contribution >= 0.6 is 11.6 Å². The molecule has 28 heavy (non-hydrogen) atoms. The fourth-order valence-electron chi connectivity index (χ4n) is 3.16. The van der Waals surface area contributed by atoms with Crippen LogP contribution in [0.1, 0.15) is 38.3 Å². The average molecular weight is 425 g/mol. The van der Waals surface area contributed by atoms with Gasteiger partial charge < -0.3 is 9.88 Å². The number of halogens is 1. The van der Waals surface area contributed by atoms with Gasteiger partial charge in [-0.2, -0.15) is 4.31 Å². The molecule has 2 heterocycles. The first kappa shape index (κ1) is 20.8. The lowest BCUT2D eigenvalue weighted by Gasteiger charge is -2.30. The summed E-state index contributed by atoms with van der Waals surface area (Å²) in [7, 11) is -3.73. The van der Waals surface area contributed by atoms with E-state index >= 15 is 0 Å². The second-order valence-electron chi connectivity index (χ2n) is 7.41. The number of aryl methyl sites for hydroxylation is 1. The Hall–Kier alpha value is -1.90. The molecule has 0 bridgehead atoms. The number of sulfonamides is 1. The minimum Gasteiger partial charge on any atom is -0.334 e. The Kier molecular flexibility index (Phi) is 6.12. The third-order valence-electron chi connectivity index (χ3n) is 4.97. The molecule has 7 nitrogen and oxygen atoms in total. The summed E-state index contributed by atoms with van der Waals surface area (Å²) in [5, 5.41) is 3.44. The molecule has 1 N–H and O–H groups in total.